The number of aromatic nitrogens is 3. The Labute approximate surface area is 210 Å². The summed E-state index contributed by atoms with van der Waals surface area (Å²) >= 11 is 3.13. The highest BCUT2D eigenvalue weighted by molar-refractivity contribution is 9.09. The summed E-state index contributed by atoms with van der Waals surface area (Å²) in [5.41, 5.74) is 7.31. The number of hydrogen-bond acceptors (Lipinski definition) is 0. The molecule has 3 aromatic rings. The molecule has 0 saturated carbocycles. The number of hydrogen-bond donors (Lipinski definition) is 2. The van der Waals surface area contributed by atoms with E-state index in [0.29, 0.717) is 0 Å². The number of H-pyrrole nitrogens is 2. The van der Waals surface area contributed by atoms with Gasteiger partial charge in [0.15, 0.2) is 0 Å². The molecule has 32 heavy (non-hydrogen) atoms. The number of aryl methyl sites for hydroxylation is 4. The Kier molecular flexibility index (Phi) is 32.0. The minimum Gasteiger partial charge on any atom is -0.363 e. The fourth-order valence-electron chi connectivity index (χ4n) is 2.47. The maximum absolute atomic E-state index is 3.79. The van der Waals surface area contributed by atoms with Crippen molar-refractivity contribution in [2.75, 3.05) is 5.33 Å². The molecule has 3 nitrogen and oxygen atoms in total. The molecule has 188 valence electrons. The lowest BCUT2D eigenvalue weighted by molar-refractivity contribution is 0.804. The average molecular weight is 513 g/mol. The molecule has 3 aromatic heterocycles. The standard InChI is InChI=1S/C13H16N2.C6H9N.C3H5Br.6CH4/c1-4-9-15-11(3)6-8-13(15)12-7-5-10(2)14-12;1-5-3-4-6(2)7-5;1-2-3-4;;;;;;/h4-8,14H,1,9H2,2-3H3;3-4,7H,1-2H3;2H,1,3H2;6*1H4. The lowest BCUT2D eigenvalue weighted by Gasteiger charge is -2.07. The second kappa shape index (κ2) is 23.5. The van der Waals surface area contributed by atoms with Gasteiger partial charge in [-0.15, -0.1) is 13.2 Å². The fraction of sp³-hybridized carbons (Fsp3) is 0.429. The molecule has 0 fully saturated rings. The Morgan fingerprint density at radius 3 is 1.47 bits per heavy atom. The summed E-state index contributed by atoms with van der Waals surface area (Å²) in [6.07, 6.45) is 3.71. The van der Waals surface area contributed by atoms with Crippen molar-refractivity contribution in [3.63, 3.8) is 0 Å². The lowest BCUT2D eigenvalue weighted by atomic mass is 10.3. The summed E-state index contributed by atoms with van der Waals surface area (Å²) in [6, 6.07) is 12.6. The van der Waals surface area contributed by atoms with Crippen LogP contribution in [0.1, 0.15) is 67.3 Å². The SMILES string of the molecule is C.C.C.C.C.C.C=CCBr.C=CCn1c(C)ccc1-c1ccc(C)[nH]1.Cc1ccc(C)[nH]1. The second-order valence-electron chi connectivity index (χ2n) is 6.08. The number of allylic oxidation sites excluding steroid dienone is 2. The summed E-state index contributed by atoms with van der Waals surface area (Å²) in [5.74, 6) is 0. The van der Waals surface area contributed by atoms with Gasteiger partial charge in [0.05, 0.1) is 11.4 Å². The molecule has 4 heteroatoms. The molecule has 0 bridgehead atoms. The molecule has 0 aromatic carbocycles. The Morgan fingerprint density at radius 1 is 0.719 bits per heavy atom. The first-order valence-electron chi connectivity index (χ1n) is 8.65. The summed E-state index contributed by atoms with van der Waals surface area (Å²) in [7, 11) is 0. The van der Waals surface area contributed by atoms with E-state index in [2.05, 4.69) is 93.9 Å². The van der Waals surface area contributed by atoms with E-state index >= 15 is 0 Å². The monoisotopic (exact) mass is 511 g/mol. The van der Waals surface area contributed by atoms with Gasteiger partial charge in [0.2, 0.25) is 0 Å². The van der Waals surface area contributed by atoms with E-state index in [0.717, 1.165) is 11.9 Å². The van der Waals surface area contributed by atoms with Crippen LogP contribution >= 0.6 is 15.9 Å². The highest BCUT2D eigenvalue weighted by Crippen LogP contribution is 2.21. The van der Waals surface area contributed by atoms with Crippen molar-refractivity contribution in [1.82, 2.24) is 14.5 Å². The van der Waals surface area contributed by atoms with Crippen molar-refractivity contribution in [3.8, 4) is 11.4 Å². The van der Waals surface area contributed by atoms with Gasteiger partial charge in [0, 0.05) is 34.7 Å². The van der Waals surface area contributed by atoms with Crippen molar-refractivity contribution in [1.29, 1.82) is 0 Å². The van der Waals surface area contributed by atoms with E-state index in [1.165, 1.54) is 34.2 Å². The van der Waals surface area contributed by atoms with Crippen LogP contribution in [-0.2, 0) is 6.54 Å². The third kappa shape index (κ3) is 14.7. The molecule has 0 amide bonds. The van der Waals surface area contributed by atoms with Crippen LogP contribution in [-0.4, -0.2) is 19.9 Å². The van der Waals surface area contributed by atoms with Gasteiger partial charge in [0.25, 0.3) is 0 Å². The summed E-state index contributed by atoms with van der Waals surface area (Å²) < 4.78 is 2.25. The predicted molar refractivity (Wildman–Crippen MR) is 159 cm³/mol. The van der Waals surface area contributed by atoms with Crippen molar-refractivity contribution in [2.45, 2.75) is 78.8 Å². The number of nitrogens with one attached hydrogen (secondary N) is 2. The molecule has 2 N–H and O–H groups in total. The van der Waals surface area contributed by atoms with Gasteiger partial charge >= 0.3 is 0 Å². The third-order valence-corrected chi connectivity index (χ3v) is 4.16. The molecule has 0 spiro atoms. The number of rotatable bonds is 4. The molecule has 0 unspecified atom stereocenters. The Morgan fingerprint density at radius 2 is 1.16 bits per heavy atom. The topological polar surface area (TPSA) is 36.5 Å². The zero-order valence-electron chi connectivity index (χ0n) is 16.3. The predicted octanol–water partition coefficient (Wildman–Crippen LogP) is 10.3. The Hall–Kier alpha value is -2.20. The van der Waals surface area contributed by atoms with Gasteiger partial charge in [-0.25, -0.2) is 0 Å². The number of aromatic amines is 2. The van der Waals surface area contributed by atoms with Gasteiger partial charge in [0.1, 0.15) is 0 Å². The van der Waals surface area contributed by atoms with Gasteiger partial charge < -0.3 is 14.5 Å². The largest absolute Gasteiger partial charge is 0.363 e. The molecular formula is C28H54BrN3. The number of nitrogens with zero attached hydrogens (tertiary/aromatic N) is 1. The van der Waals surface area contributed by atoms with Gasteiger partial charge in [-0.1, -0.05) is 72.6 Å². The minimum absolute atomic E-state index is 0. The van der Waals surface area contributed by atoms with E-state index in [-0.39, 0.29) is 44.6 Å². The smallest absolute Gasteiger partial charge is 0.0650 e. The van der Waals surface area contributed by atoms with Gasteiger partial charge in [-0.3, -0.25) is 0 Å². The Balaban J connectivity index is -0.0000000863. The highest BCUT2D eigenvalue weighted by Gasteiger charge is 2.07. The average Bonchev–Trinajstić information content (AvgIpc) is 3.31. The van der Waals surface area contributed by atoms with Crippen molar-refractivity contribution in [3.05, 3.63) is 84.5 Å². The van der Waals surface area contributed by atoms with Crippen LogP contribution in [0.3, 0.4) is 0 Å². The molecular weight excluding hydrogens is 458 g/mol. The van der Waals surface area contributed by atoms with E-state index in [1.807, 2.05) is 19.9 Å². The molecule has 3 rings (SSSR count). The van der Waals surface area contributed by atoms with Crippen LogP contribution in [0.5, 0.6) is 0 Å². The van der Waals surface area contributed by atoms with Crippen molar-refractivity contribution in [2.24, 2.45) is 0 Å². The third-order valence-electron chi connectivity index (χ3n) is 3.71. The Bertz CT molecular complexity index is 790. The van der Waals surface area contributed by atoms with E-state index in [1.54, 1.807) is 6.08 Å². The molecule has 0 aliphatic rings. The number of halogens is 1. The minimum atomic E-state index is 0. The molecule has 3 heterocycles. The molecule has 0 radical (unpaired) electrons. The normalized spacial score (nSPS) is 7.78. The molecule has 0 aliphatic carbocycles. The molecule has 0 saturated heterocycles. The fourth-order valence-corrected chi connectivity index (χ4v) is 2.47. The van der Waals surface area contributed by atoms with Crippen LogP contribution in [0.25, 0.3) is 11.4 Å². The van der Waals surface area contributed by atoms with Crippen LogP contribution in [0, 0.1) is 27.7 Å². The highest BCUT2D eigenvalue weighted by atomic mass is 79.9. The molecule has 0 atom stereocenters. The second-order valence-corrected chi connectivity index (χ2v) is 6.73. The quantitative estimate of drug-likeness (QED) is 0.258. The van der Waals surface area contributed by atoms with Crippen molar-refractivity contribution < 1.29 is 0 Å². The van der Waals surface area contributed by atoms with Crippen molar-refractivity contribution >= 4 is 15.9 Å². The van der Waals surface area contributed by atoms with E-state index < -0.39 is 0 Å². The first-order valence-corrected chi connectivity index (χ1v) is 9.77. The maximum atomic E-state index is 3.79. The molecule has 0 aliphatic heterocycles. The maximum Gasteiger partial charge on any atom is 0.0650 e. The first-order chi connectivity index (χ1) is 12.4. The first kappa shape index (κ1) is 43.6. The zero-order valence-corrected chi connectivity index (χ0v) is 17.9. The lowest BCUT2D eigenvalue weighted by Crippen LogP contribution is -1.99. The van der Waals surface area contributed by atoms with Crippen LogP contribution in [0.2, 0.25) is 0 Å². The van der Waals surface area contributed by atoms with Crippen LogP contribution < -0.4 is 0 Å². The zero-order chi connectivity index (χ0) is 19.5. The van der Waals surface area contributed by atoms with E-state index in [4.69, 9.17) is 0 Å². The summed E-state index contributed by atoms with van der Waals surface area (Å²) in [4.78, 5) is 6.49. The summed E-state index contributed by atoms with van der Waals surface area (Å²) in [6.45, 7) is 16.3. The van der Waals surface area contributed by atoms with Crippen LogP contribution in [0.15, 0.2) is 61.7 Å². The van der Waals surface area contributed by atoms with Gasteiger partial charge in [-0.2, -0.15) is 0 Å². The van der Waals surface area contributed by atoms with Gasteiger partial charge in [-0.05, 0) is 64.1 Å². The number of alkyl halides is 1. The van der Waals surface area contributed by atoms with Crippen LogP contribution in [0.4, 0.5) is 0 Å². The van der Waals surface area contributed by atoms with E-state index in [9.17, 15) is 0 Å². The summed E-state index contributed by atoms with van der Waals surface area (Å²) in [5, 5.41) is 0.896.